The zero-order chi connectivity index (χ0) is 13.4. The molecule has 1 rings (SSSR count). The molecule has 0 fully saturated rings. The number of aliphatic hydroxyl groups is 1. The van der Waals surface area contributed by atoms with Crippen LogP contribution in [0.2, 0.25) is 0 Å². The number of hydrogen-bond donors (Lipinski definition) is 2. The fourth-order valence-electron chi connectivity index (χ4n) is 1.97. The van der Waals surface area contributed by atoms with E-state index >= 15 is 0 Å². The zero-order valence-electron chi connectivity index (χ0n) is 11.4. The average Bonchev–Trinajstić information content (AvgIpc) is 2.35. The molecule has 0 aliphatic rings. The summed E-state index contributed by atoms with van der Waals surface area (Å²) in [7, 11) is 0. The first kappa shape index (κ1) is 15.2. The average molecular weight is 251 g/mol. The van der Waals surface area contributed by atoms with Gasteiger partial charge in [-0.3, -0.25) is 0 Å². The van der Waals surface area contributed by atoms with Crippen molar-refractivity contribution in [2.45, 2.75) is 44.8 Å². The van der Waals surface area contributed by atoms with Gasteiger partial charge in [-0.25, -0.2) is 0 Å². The minimum atomic E-state index is -0.821. The van der Waals surface area contributed by atoms with Crippen molar-refractivity contribution in [1.29, 1.82) is 0 Å². The van der Waals surface area contributed by atoms with Crippen molar-refractivity contribution in [1.82, 2.24) is 0 Å². The Morgan fingerprint density at radius 2 is 2.00 bits per heavy atom. The molecule has 2 atom stereocenters. The van der Waals surface area contributed by atoms with E-state index in [1.165, 1.54) is 5.56 Å². The molecule has 0 spiro atoms. The maximum atomic E-state index is 9.82. The molecule has 18 heavy (non-hydrogen) atoms. The molecular formula is C15H25NO2. The van der Waals surface area contributed by atoms with Crippen molar-refractivity contribution in [3.8, 4) is 0 Å². The van der Waals surface area contributed by atoms with E-state index in [0.717, 1.165) is 19.4 Å². The third-order valence-electron chi connectivity index (χ3n) is 3.02. The van der Waals surface area contributed by atoms with Crippen molar-refractivity contribution in [2.75, 3.05) is 13.2 Å². The fraction of sp³-hybridized carbons (Fsp3) is 0.600. The molecule has 0 amide bonds. The van der Waals surface area contributed by atoms with E-state index in [0.29, 0.717) is 6.42 Å². The first-order valence-electron chi connectivity index (χ1n) is 6.61. The highest BCUT2D eigenvalue weighted by atomic mass is 16.5. The summed E-state index contributed by atoms with van der Waals surface area (Å²) in [5, 5.41) is 9.82. The molecule has 3 nitrogen and oxygen atoms in total. The topological polar surface area (TPSA) is 55.5 Å². The van der Waals surface area contributed by atoms with E-state index in [2.05, 4.69) is 24.3 Å². The van der Waals surface area contributed by atoms with Crippen LogP contribution < -0.4 is 5.73 Å². The second-order valence-electron chi connectivity index (χ2n) is 5.18. The first-order valence-corrected chi connectivity index (χ1v) is 6.61. The van der Waals surface area contributed by atoms with Crippen molar-refractivity contribution in [3.63, 3.8) is 0 Å². The summed E-state index contributed by atoms with van der Waals surface area (Å²) in [6.45, 7) is 4.71. The molecule has 0 aromatic heterocycles. The largest absolute Gasteiger partial charge is 0.389 e. The Kier molecular flexibility index (Phi) is 6.33. The van der Waals surface area contributed by atoms with Crippen LogP contribution >= 0.6 is 0 Å². The summed E-state index contributed by atoms with van der Waals surface area (Å²) >= 11 is 0. The first-order chi connectivity index (χ1) is 8.53. The molecular weight excluding hydrogens is 226 g/mol. The second kappa shape index (κ2) is 7.52. The van der Waals surface area contributed by atoms with Crippen molar-refractivity contribution >= 4 is 0 Å². The van der Waals surface area contributed by atoms with Gasteiger partial charge < -0.3 is 15.6 Å². The van der Waals surface area contributed by atoms with Crippen molar-refractivity contribution in [2.24, 2.45) is 5.73 Å². The second-order valence-corrected chi connectivity index (χ2v) is 5.18. The quantitative estimate of drug-likeness (QED) is 0.696. The SMILES string of the molecule is CC(CC(C)(O)CN)OCCCc1ccccc1. The minimum Gasteiger partial charge on any atom is -0.389 e. The van der Waals surface area contributed by atoms with E-state index in [-0.39, 0.29) is 12.6 Å². The van der Waals surface area contributed by atoms with Crippen LogP contribution in [0.25, 0.3) is 0 Å². The lowest BCUT2D eigenvalue weighted by molar-refractivity contribution is -0.0178. The molecule has 0 saturated heterocycles. The highest BCUT2D eigenvalue weighted by Gasteiger charge is 2.21. The van der Waals surface area contributed by atoms with Gasteiger partial charge in [0.1, 0.15) is 0 Å². The van der Waals surface area contributed by atoms with Gasteiger partial charge >= 0.3 is 0 Å². The van der Waals surface area contributed by atoms with Crippen LogP contribution in [0.4, 0.5) is 0 Å². The summed E-state index contributed by atoms with van der Waals surface area (Å²) in [4.78, 5) is 0. The van der Waals surface area contributed by atoms with E-state index in [1.807, 2.05) is 13.0 Å². The van der Waals surface area contributed by atoms with Gasteiger partial charge in [-0.2, -0.15) is 0 Å². The molecule has 0 bridgehead atoms. The lowest BCUT2D eigenvalue weighted by Gasteiger charge is -2.25. The maximum Gasteiger partial charge on any atom is 0.0765 e. The maximum absolute atomic E-state index is 9.82. The molecule has 1 aromatic rings. The Hall–Kier alpha value is -0.900. The number of nitrogens with two attached hydrogens (primary N) is 1. The Bertz CT molecular complexity index is 325. The standard InChI is InChI=1S/C15H25NO2/c1-13(11-15(2,17)12-16)18-10-6-9-14-7-4-3-5-8-14/h3-5,7-8,13,17H,6,9-12,16H2,1-2H3. The minimum absolute atomic E-state index is 0.0410. The Morgan fingerprint density at radius 1 is 1.33 bits per heavy atom. The predicted octanol–water partition coefficient (Wildman–Crippen LogP) is 2.12. The number of aryl methyl sites for hydroxylation is 1. The highest BCUT2D eigenvalue weighted by Crippen LogP contribution is 2.13. The third kappa shape index (κ3) is 6.15. The van der Waals surface area contributed by atoms with Crippen LogP contribution in [0.15, 0.2) is 30.3 Å². The predicted molar refractivity (Wildman–Crippen MR) is 74.5 cm³/mol. The van der Waals surface area contributed by atoms with Crippen LogP contribution in [0.1, 0.15) is 32.3 Å². The van der Waals surface area contributed by atoms with Crippen molar-refractivity contribution in [3.05, 3.63) is 35.9 Å². The molecule has 3 heteroatoms. The van der Waals surface area contributed by atoms with E-state index in [9.17, 15) is 5.11 Å². The van der Waals surface area contributed by atoms with Crippen molar-refractivity contribution < 1.29 is 9.84 Å². The Balaban J connectivity index is 2.14. The number of rotatable bonds is 8. The van der Waals surface area contributed by atoms with Gasteiger partial charge in [0.05, 0.1) is 11.7 Å². The van der Waals surface area contributed by atoms with Gasteiger partial charge in [-0.1, -0.05) is 30.3 Å². The Labute approximate surface area is 110 Å². The Morgan fingerprint density at radius 3 is 2.61 bits per heavy atom. The summed E-state index contributed by atoms with van der Waals surface area (Å²) < 4.78 is 5.69. The van der Waals surface area contributed by atoms with Gasteiger partial charge in [0.15, 0.2) is 0 Å². The van der Waals surface area contributed by atoms with Crippen LogP contribution in [0.3, 0.4) is 0 Å². The van der Waals surface area contributed by atoms with Gasteiger partial charge in [0, 0.05) is 19.6 Å². The summed E-state index contributed by atoms with van der Waals surface area (Å²) in [5.41, 5.74) is 6.00. The molecule has 0 radical (unpaired) electrons. The van der Waals surface area contributed by atoms with Crippen LogP contribution in [0, 0.1) is 0 Å². The smallest absolute Gasteiger partial charge is 0.0765 e. The van der Waals surface area contributed by atoms with Crippen LogP contribution in [-0.2, 0) is 11.2 Å². The van der Waals surface area contributed by atoms with E-state index in [4.69, 9.17) is 10.5 Å². The number of benzene rings is 1. The monoisotopic (exact) mass is 251 g/mol. The van der Waals surface area contributed by atoms with E-state index in [1.54, 1.807) is 6.92 Å². The molecule has 1 aromatic carbocycles. The molecule has 0 aliphatic carbocycles. The van der Waals surface area contributed by atoms with Crippen LogP contribution in [-0.4, -0.2) is 30.0 Å². The normalized spacial score (nSPS) is 16.2. The van der Waals surface area contributed by atoms with E-state index < -0.39 is 5.60 Å². The molecule has 0 heterocycles. The summed E-state index contributed by atoms with van der Waals surface area (Å²) in [6.07, 6.45) is 2.65. The molecule has 2 unspecified atom stereocenters. The summed E-state index contributed by atoms with van der Waals surface area (Å²) in [6, 6.07) is 10.4. The third-order valence-corrected chi connectivity index (χ3v) is 3.02. The number of ether oxygens (including phenoxy) is 1. The zero-order valence-corrected chi connectivity index (χ0v) is 11.4. The highest BCUT2D eigenvalue weighted by molar-refractivity contribution is 5.14. The number of hydrogen-bond acceptors (Lipinski definition) is 3. The van der Waals surface area contributed by atoms with Gasteiger partial charge in [0.25, 0.3) is 0 Å². The lowest BCUT2D eigenvalue weighted by Crippen LogP contribution is -2.37. The fourth-order valence-corrected chi connectivity index (χ4v) is 1.97. The molecule has 0 saturated carbocycles. The molecule has 102 valence electrons. The van der Waals surface area contributed by atoms with Crippen LogP contribution in [0.5, 0.6) is 0 Å². The van der Waals surface area contributed by atoms with Gasteiger partial charge in [-0.15, -0.1) is 0 Å². The lowest BCUT2D eigenvalue weighted by atomic mass is 9.99. The summed E-state index contributed by atoms with van der Waals surface area (Å²) in [5.74, 6) is 0. The molecule has 3 N–H and O–H groups in total. The molecule has 0 aliphatic heterocycles. The van der Waals surface area contributed by atoms with Gasteiger partial charge in [-0.05, 0) is 32.3 Å². The van der Waals surface area contributed by atoms with Gasteiger partial charge in [0.2, 0.25) is 0 Å².